The molecule has 2 N–H and O–H groups in total. The number of rotatable bonds is 5. The van der Waals surface area contributed by atoms with Gasteiger partial charge in [0.15, 0.2) is 0 Å². The molecule has 0 unspecified atom stereocenters. The highest BCUT2D eigenvalue weighted by atomic mass is 19.1. The summed E-state index contributed by atoms with van der Waals surface area (Å²) in [6.07, 6.45) is 3.21. The number of nitrogens with one attached hydrogen (secondary N) is 2. The van der Waals surface area contributed by atoms with Gasteiger partial charge in [-0.15, -0.1) is 6.58 Å². The fraction of sp³-hybridized carbons (Fsp3) is 0.130. The largest absolute Gasteiger partial charge is 0.348 e. The minimum Gasteiger partial charge on any atom is -0.348 e. The minimum absolute atomic E-state index is 0.0444. The van der Waals surface area contributed by atoms with E-state index in [1.165, 1.54) is 27.2 Å². The van der Waals surface area contributed by atoms with Gasteiger partial charge in [0.05, 0.1) is 10.9 Å². The molecule has 0 radical (unpaired) electrons. The minimum atomic E-state index is -0.511. The zero-order chi connectivity index (χ0) is 22.1. The van der Waals surface area contributed by atoms with Crippen LogP contribution in [0.15, 0.2) is 66.1 Å². The van der Waals surface area contributed by atoms with Crippen molar-refractivity contribution in [3.8, 4) is 0 Å². The van der Waals surface area contributed by atoms with Crippen LogP contribution in [0.5, 0.6) is 0 Å². The van der Waals surface area contributed by atoms with Crippen LogP contribution in [0.4, 0.5) is 4.39 Å². The van der Waals surface area contributed by atoms with Crippen molar-refractivity contribution in [2.24, 2.45) is 0 Å². The Morgan fingerprint density at radius 2 is 2.00 bits per heavy atom. The highest BCUT2D eigenvalue weighted by Gasteiger charge is 2.17. The van der Waals surface area contributed by atoms with Crippen LogP contribution in [0, 0.1) is 18.2 Å². The zero-order valence-electron chi connectivity index (χ0n) is 16.9. The van der Waals surface area contributed by atoms with E-state index in [0.29, 0.717) is 16.9 Å². The van der Waals surface area contributed by atoms with Gasteiger partial charge in [-0.25, -0.2) is 9.37 Å². The van der Waals surface area contributed by atoms with Crippen LogP contribution in [-0.2, 0) is 13.1 Å². The van der Waals surface area contributed by atoms with Crippen LogP contribution in [0.1, 0.15) is 21.5 Å². The molecule has 0 saturated carbocycles. The summed E-state index contributed by atoms with van der Waals surface area (Å²) >= 11 is 0. The number of benzene rings is 1. The summed E-state index contributed by atoms with van der Waals surface area (Å²) in [7, 11) is 0. The number of aryl methyl sites for hydroxylation is 1. The Morgan fingerprint density at radius 1 is 1.26 bits per heavy atom. The number of nitrogens with zero attached hydrogens (tertiary/aromatic N) is 3. The first kappa shape index (κ1) is 20.2. The Morgan fingerprint density at radius 3 is 2.71 bits per heavy atom. The number of carbonyl (C=O) groups excluding carboxylic acids is 1. The van der Waals surface area contributed by atoms with Gasteiger partial charge in [-0.3, -0.25) is 19.4 Å². The number of hydrogen-bond acceptors (Lipinski definition) is 4. The highest BCUT2D eigenvalue weighted by Crippen LogP contribution is 2.13. The van der Waals surface area contributed by atoms with Crippen LogP contribution in [0.25, 0.3) is 16.7 Å². The molecule has 8 heteroatoms. The fourth-order valence-electron chi connectivity index (χ4n) is 3.46. The van der Waals surface area contributed by atoms with Crippen molar-refractivity contribution in [2.75, 3.05) is 0 Å². The average molecular weight is 417 g/mol. The van der Waals surface area contributed by atoms with E-state index in [9.17, 15) is 14.0 Å². The third-order valence-electron chi connectivity index (χ3n) is 5.06. The summed E-state index contributed by atoms with van der Waals surface area (Å²) < 4.78 is 16.0. The second kappa shape index (κ2) is 7.98. The Bertz CT molecular complexity index is 1450. The van der Waals surface area contributed by atoms with E-state index in [1.54, 1.807) is 30.5 Å². The normalized spacial score (nSPS) is 11.0. The van der Waals surface area contributed by atoms with Crippen molar-refractivity contribution >= 4 is 22.6 Å². The summed E-state index contributed by atoms with van der Waals surface area (Å²) in [5.74, 6) is -0.873. The molecular formula is C23H20FN5O2. The second-order valence-corrected chi connectivity index (χ2v) is 7.15. The molecule has 0 aliphatic rings. The quantitative estimate of drug-likeness (QED) is 0.386. The zero-order valence-corrected chi connectivity index (χ0v) is 16.9. The lowest BCUT2D eigenvalue weighted by molar-refractivity contribution is 0.0948. The first-order valence-corrected chi connectivity index (χ1v) is 9.64. The predicted octanol–water partition coefficient (Wildman–Crippen LogP) is 2.69. The third-order valence-corrected chi connectivity index (χ3v) is 5.06. The molecule has 3 heterocycles. The van der Waals surface area contributed by atoms with Crippen molar-refractivity contribution in [3.63, 3.8) is 0 Å². The number of hydrogen-bond donors (Lipinski definition) is 2. The Kier molecular flexibility index (Phi) is 5.21. The summed E-state index contributed by atoms with van der Waals surface area (Å²) in [6, 6.07) is 10.8. The third kappa shape index (κ3) is 3.63. The van der Waals surface area contributed by atoms with Crippen LogP contribution >= 0.6 is 0 Å². The maximum atomic E-state index is 13.1. The lowest BCUT2D eigenvalue weighted by Crippen LogP contribution is -2.34. The van der Waals surface area contributed by atoms with Crippen LogP contribution in [-0.4, -0.2) is 19.9 Å². The number of allylic oxidation sites excluding steroid dienone is 1. The van der Waals surface area contributed by atoms with Crippen LogP contribution in [0.2, 0.25) is 0 Å². The highest BCUT2D eigenvalue weighted by molar-refractivity contribution is 5.96. The molecular weight excluding hydrogens is 397 g/mol. The number of pyridine rings is 2. The molecule has 0 aliphatic carbocycles. The summed E-state index contributed by atoms with van der Waals surface area (Å²) in [6.45, 7) is 5.94. The molecule has 156 valence electrons. The lowest BCUT2D eigenvalue weighted by atomic mass is 10.1. The van der Waals surface area contributed by atoms with Crippen LogP contribution in [0.3, 0.4) is 0 Å². The van der Waals surface area contributed by atoms with Crippen LogP contribution < -0.4 is 16.4 Å². The van der Waals surface area contributed by atoms with Gasteiger partial charge in [-0.2, -0.15) is 0 Å². The SMILES string of the molecule is C=CCn1c(=N)c(C(=O)NCc2ccc(F)cc2)cc2c(=O)n3cccc(C)c3nc21. The Labute approximate surface area is 176 Å². The molecule has 31 heavy (non-hydrogen) atoms. The van der Waals surface area contributed by atoms with Gasteiger partial charge in [-0.05, 0) is 42.3 Å². The van der Waals surface area contributed by atoms with Crippen molar-refractivity contribution in [3.05, 3.63) is 99.7 Å². The monoisotopic (exact) mass is 417 g/mol. The molecule has 1 amide bonds. The second-order valence-electron chi connectivity index (χ2n) is 7.15. The molecule has 0 aliphatic heterocycles. The van der Waals surface area contributed by atoms with Gasteiger partial charge >= 0.3 is 0 Å². The number of aromatic nitrogens is 3. The number of fused-ring (bicyclic) bond motifs is 2. The van der Waals surface area contributed by atoms with E-state index in [2.05, 4.69) is 16.9 Å². The Balaban J connectivity index is 1.85. The average Bonchev–Trinajstić information content (AvgIpc) is 2.76. The molecule has 4 rings (SSSR count). The van der Waals surface area contributed by atoms with Crippen molar-refractivity contribution in [1.82, 2.24) is 19.3 Å². The van der Waals surface area contributed by atoms with E-state index in [-0.39, 0.29) is 40.9 Å². The van der Waals surface area contributed by atoms with Gasteiger partial charge in [0.2, 0.25) is 0 Å². The molecule has 7 nitrogen and oxygen atoms in total. The maximum Gasteiger partial charge on any atom is 0.267 e. The molecule has 0 fully saturated rings. The van der Waals surface area contributed by atoms with E-state index in [4.69, 9.17) is 5.41 Å². The number of amides is 1. The van der Waals surface area contributed by atoms with Gasteiger partial charge in [0.25, 0.3) is 11.5 Å². The summed E-state index contributed by atoms with van der Waals surface area (Å²) in [4.78, 5) is 30.6. The molecule has 0 spiro atoms. The summed E-state index contributed by atoms with van der Waals surface area (Å²) in [5, 5.41) is 11.5. The first-order chi connectivity index (χ1) is 14.9. The first-order valence-electron chi connectivity index (χ1n) is 9.64. The van der Waals surface area contributed by atoms with Crippen molar-refractivity contribution < 1.29 is 9.18 Å². The van der Waals surface area contributed by atoms with Gasteiger partial charge < -0.3 is 9.88 Å². The lowest BCUT2D eigenvalue weighted by Gasteiger charge is -2.14. The van der Waals surface area contributed by atoms with E-state index in [0.717, 1.165) is 5.56 Å². The van der Waals surface area contributed by atoms with E-state index in [1.807, 2.05) is 13.0 Å². The van der Waals surface area contributed by atoms with Crippen molar-refractivity contribution in [2.45, 2.75) is 20.0 Å². The molecule has 0 bridgehead atoms. The van der Waals surface area contributed by atoms with E-state index >= 15 is 0 Å². The number of halogens is 1. The van der Waals surface area contributed by atoms with Gasteiger partial charge in [0, 0.05) is 19.3 Å². The summed E-state index contributed by atoms with van der Waals surface area (Å²) in [5.41, 5.74) is 1.99. The maximum absolute atomic E-state index is 13.1. The molecule has 0 atom stereocenters. The van der Waals surface area contributed by atoms with Gasteiger partial charge in [-0.1, -0.05) is 24.3 Å². The standard InChI is InChI=1S/C23H20FN5O2/c1-3-10-28-19(25)17(22(30)26-13-15-6-8-16(24)9-7-15)12-18-21(28)27-20-14(2)5-4-11-29(20)23(18)31/h3-9,11-12,25H,1,10,13H2,2H3,(H,26,30). The molecule has 3 aromatic heterocycles. The fourth-order valence-corrected chi connectivity index (χ4v) is 3.46. The predicted molar refractivity (Wildman–Crippen MR) is 115 cm³/mol. The van der Waals surface area contributed by atoms with E-state index < -0.39 is 5.91 Å². The van der Waals surface area contributed by atoms with Crippen molar-refractivity contribution in [1.29, 1.82) is 5.41 Å². The number of carbonyl (C=O) groups is 1. The van der Waals surface area contributed by atoms with Gasteiger partial charge in [0.1, 0.15) is 22.6 Å². The molecule has 1 aromatic carbocycles. The smallest absolute Gasteiger partial charge is 0.267 e. The Hall–Kier alpha value is -4.07. The molecule has 0 saturated heterocycles. The molecule has 4 aromatic rings. The topological polar surface area (TPSA) is 92.2 Å².